The molecule has 144 valence electrons. The van der Waals surface area contributed by atoms with Crippen LogP contribution in [-0.2, 0) is 18.3 Å². The predicted octanol–water partition coefficient (Wildman–Crippen LogP) is 2.65. The summed E-state index contributed by atoms with van der Waals surface area (Å²) in [6.45, 7) is 9.97. The average molecular weight is 490 g/mol. The molecule has 0 saturated carbocycles. The maximum atomic E-state index is 5.93. The molecule has 0 aromatic carbocycles. The van der Waals surface area contributed by atoms with Crippen LogP contribution >= 0.6 is 35.3 Å². The van der Waals surface area contributed by atoms with E-state index in [1.165, 1.54) is 4.88 Å². The van der Waals surface area contributed by atoms with Gasteiger partial charge < -0.3 is 15.0 Å². The van der Waals surface area contributed by atoms with Crippen molar-refractivity contribution in [3.8, 4) is 0 Å². The number of hydrogen-bond acceptors (Lipinski definition) is 5. The number of guanidine groups is 1. The summed E-state index contributed by atoms with van der Waals surface area (Å²) in [5, 5.41) is 8.71. The van der Waals surface area contributed by atoms with Gasteiger partial charge in [-0.15, -0.1) is 35.3 Å². The lowest BCUT2D eigenvalue weighted by Gasteiger charge is -2.34. The monoisotopic (exact) mass is 490 g/mol. The summed E-state index contributed by atoms with van der Waals surface area (Å²) in [7, 11) is 1.92. The highest BCUT2D eigenvalue weighted by Crippen LogP contribution is 2.22. The molecular formula is C17H27IN6OS. The van der Waals surface area contributed by atoms with Crippen LogP contribution < -0.4 is 5.32 Å². The number of ether oxygens (including phenoxy) is 1. The molecule has 2 aromatic heterocycles. The van der Waals surface area contributed by atoms with Crippen molar-refractivity contribution < 1.29 is 4.74 Å². The van der Waals surface area contributed by atoms with E-state index < -0.39 is 0 Å². The molecule has 0 spiro atoms. The van der Waals surface area contributed by atoms with E-state index in [0.717, 1.165) is 41.9 Å². The molecule has 1 saturated heterocycles. The van der Waals surface area contributed by atoms with E-state index in [0.29, 0.717) is 13.2 Å². The van der Waals surface area contributed by atoms with Crippen molar-refractivity contribution in [3.63, 3.8) is 0 Å². The smallest absolute Gasteiger partial charge is 0.194 e. The Morgan fingerprint density at radius 2 is 2.27 bits per heavy atom. The Balaban J connectivity index is 0.00000243. The van der Waals surface area contributed by atoms with Gasteiger partial charge in [-0.1, -0.05) is 0 Å². The first kappa shape index (κ1) is 21.1. The van der Waals surface area contributed by atoms with Crippen LogP contribution in [0.1, 0.15) is 34.2 Å². The van der Waals surface area contributed by atoms with E-state index in [-0.39, 0.29) is 30.1 Å². The van der Waals surface area contributed by atoms with Gasteiger partial charge in [0.2, 0.25) is 0 Å². The summed E-state index contributed by atoms with van der Waals surface area (Å²) >= 11 is 1.72. The number of thiazole rings is 1. The second-order valence-corrected chi connectivity index (χ2v) is 7.46. The summed E-state index contributed by atoms with van der Waals surface area (Å²) in [6, 6.07) is 0. The molecule has 3 rings (SSSR count). The van der Waals surface area contributed by atoms with Crippen LogP contribution in [-0.4, -0.2) is 51.9 Å². The van der Waals surface area contributed by atoms with Crippen molar-refractivity contribution in [2.24, 2.45) is 12.0 Å². The second kappa shape index (κ2) is 9.65. The fourth-order valence-corrected chi connectivity index (χ4v) is 3.68. The number of nitrogens with zero attached hydrogens (tertiary/aromatic N) is 5. The Kier molecular flexibility index (Phi) is 7.84. The third-order valence-corrected chi connectivity index (χ3v) is 5.29. The normalized spacial score (nSPS) is 17.9. The number of nitrogens with one attached hydrogen (secondary N) is 1. The van der Waals surface area contributed by atoms with Crippen LogP contribution in [0.2, 0.25) is 0 Å². The summed E-state index contributed by atoms with van der Waals surface area (Å²) in [4.78, 5) is 12.9. The topological polar surface area (TPSA) is 67.6 Å². The largest absolute Gasteiger partial charge is 0.370 e. The Bertz CT molecular complexity index is 724. The van der Waals surface area contributed by atoms with Crippen LogP contribution in [0, 0.1) is 13.8 Å². The van der Waals surface area contributed by atoms with Gasteiger partial charge in [-0.05, 0) is 20.8 Å². The van der Waals surface area contributed by atoms with Gasteiger partial charge >= 0.3 is 0 Å². The van der Waals surface area contributed by atoms with E-state index in [1.54, 1.807) is 11.3 Å². The van der Waals surface area contributed by atoms with Gasteiger partial charge in [-0.3, -0.25) is 4.68 Å². The number of rotatable bonds is 4. The summed E-state index contributed by atoms with van der Waals surface area (Å²) in [5.41, 5.74) is 2.21. The predicted molar refractivity (Wildman–Crippen MR) is 115 cm³/mol. The van der Waals surface area contributed by atoms with E-state index in [9.17, 15) is 0 Å². The maximum Gasteiger partial charge on any atom is 0.194 e. The molecule has 0 bridgehead atoms. The van der Waals surface area contributed by atoms with Crippen LogP contribution in [0.15, 0.2) is 17.4 Å². The van der Waals surface area contributed by atoms with Crippen LogP contribution in [0.4, 0.5) is 0 Å². The Hall–Kier alpha value is -1.20. The summed E-state index contributed by atoms with van der Waals surface area (Å²) in [6.07, 6.45) is 3.91. The number of hydrogen-bond donors (Lipinski definition) is 1. The maximum absolute atomic E-state index is 5.93. The molecule has 7 nitrogen and oxygen atoms in total. The molecule has 1 atom stereocenters. The van der Waals surface area contributed by atoms with Crippen molar-refractivity contribution in [1.82, 2.24) is 25.0 Å². The lowest BCUT2D eigenvalue weighted by atomic mass is 10.1. The van der Waals surface area contributed by atoms with Gasteiger partial charge in [0, 0.05) is 36.8 Å². The van der Waals surface area contributed by atoms with Gasteiger partial charge in [0.25, 0.3) is 0 Å². The van der Waals surface area contributed by atoms with Crippen molar-refractivity contribution in [2.75, 3.05) is 26.2 Å². The fraction of sp³-hybridized carbons (Fsp3) is 0.588. The summed E-state index contributed by atoms with van der Waals surface area (Å²) < 4.78 is 7.74. The van der Waals surface area contributed by atoms with E-state index in [2.05, 4.69) is 34.1 Å². The number of aryl methyl sites for hydroxylation is 3. The van der Waals surface area contributed by atoms with Crippen LogP contribution in [0.3, 0.4) is 0 Å². The van der Waals surface area contributed by atoms with Crippen molar-refractivity contribution in [1.29, 1.82) is 0 Å². The van der Waals surface area contributed by atoms with Gasteiger partial charge in [-0.2, -0.15) is 5.10 Å². The van der Waals surface area contributed by atoms with E-state index in [4.69, 9.17) is 9.73 Å². The van der Waals surface area contributed by atoms with Gasteiger partial charge in [0.15, 0.2) is 5.96 Å². The Labute approximate surface area is 175 Å². The molecule has 1 aliphatic rings. The molecule has 26 heavy (non-hydrogen) atoms. The first-order valence-corrected chi connectivity index (χ1v) is 9.44. The van der Waals surface area contributed by atoms with Gasteiger partial charge in [-0.25, -0.2) is 9.98 Å². The van der Waals surface area contributed by atoms with E-state index in [1.807, 2.05) is 31.0 Å². The molecule has 2 aromatic rings. The zero-order chi connectivity index (χ0) is 17.8. The molecule has 1 N–H and O–H groups in total. The van der Waals surface area contributed by atoms with Crippen molar-refractivity contribution in [3.05, 3.63) is 33.5 Å². The molecule has 0 amide bonds. The minimum absolute atomic E-state index is 0. The molecule has 0 radical (unpaired) electrons. The van der Waals surface area contributed by atoms with Gasteiger partial charge in [0.1, 0.15) is 11.1 Å². The third kappa shape index (κ3) is 5.17. The highest BCUT2D eigenvalue weighted by molar-refractivity contribution is 14.0. The lowest BCUT2D eigenvalue weighted by Crippen LogP contribution is -2.48. The summed E-state index contributed by atoms with van der Waals surface area (Å²) in [5.74, 6) is 0.921. The molecule has 1 aliphatic heterocycles. The SMILES string of the molecule is CCNC(=NCc1nc(C)c(C)s1)N1CCOC(c2cnn(C)c2)C1.I. The number of halogens is 1. The van der Waals surface area contributed by atoms with Crippen LogP contribution in [0.25, 0.3) is 0 Å². The van der Waals surface area contributed by atoms with Crippen molar-refractivity contribution in [2.45, 2.75) is 33.4 Å². The molecule has 1 fully saturated rings. The molecule has 3 heterocycles. The number of morpholine rings is 1. The minimum Gasteiger partial charge on any atom is -0.370 e. The quantitative estimate of drug-likeness (QED) is 0.406. The van der Waals surface area contributed by atoms with E-state index >= 15 is 0 Å². The standard InChI is InChI=1S/C17H26N6OS.HI/c1-5-18-17(19-9-16-21-12(2)13(3)25-16)23-6-7-24-15(11-23)14-8-20-22(4)10-14;/h8,10,15H,5-7,9,11H2,1-4H3,(H,18,19);1H. The average Bonchev–Trinajstić information content (AvgIpc) is 3.17. The van der Waals surface area contributed by atoms with Crippen LogP contribution in [0.5, 0.6) is 0 Å². The molecule has 1 unspecified atom stereocenters. The highest BCUT2D eigenvalue weighted by atomic mass is 127. The Morgan fingerprint density at radius 1 is 1.46 bits per heavy atom. The molecule has 0 aliphatic carbocycles. The first-order valence-electron chi connectivity index (χ1n) is 8.63. The lowest BCUT2D eigenvalue weighted by molar-refractivity contribution is -0.00805. The second-order valence-electron chi connectivity index (χ2n) is 6.17. The Morgan fingerprint density at radius 3 is 2.88 bits per heavy atom. The number of aromatic nitrogens is 3. The molecule has 9 heteroatoms. The zero-order valence-corrected chi connectivity index (χ0v) is 18.9. The minimum atomic E-state index is 0. The third-order valence-electron chi connectivity index (χ3n) is 4.23. The van der Waals surface area contributed by atoms with Gasteiger partial charge in [0.05, 0.1) is 31.6 Å². The zero-order valence-electron chi connectivity index (χ0n) is 15.7. The molecular weight excluding hydrogens is 463 g/mol. The number of aliphatic imine (C=N–C) groups is 1. The van der Waals surface area contributed by atoms with Crippen molar-refractivity contribution >= 4 is 41.3 Å². The first-order chi connectivity index (χ1) is 12.1. The fourth-order valence-electron chi connectivity index (χ4n) is 2.82. The highest BCUT2D eigenvalue weighted by Gasteiger charge is 2.25.